The Morgan fingerprint density at radius 2 is 2.04 bits per heavy atom. The summed E-state index contributed by atoms with van der Waals surface area (Å²) in [5.74, 6) is -0.113. The largest absolute Gasteiger partial charge is 0.375 e. The Balaban J connectivity index is 2.04. The SMILES string of the molecule is CC1CN(C(=O)Cn2c(Br)nc3c(=O)n(C)c(=O)n(C)c32)CCO1. The molecule has 1 aliphatic rings. The van der Waals surface area contributed by atoms with E-state index in [0.29, 0.717) is 30.1 Å². The minimum atomic E-state index is -0.486. The number of halogens is 1. The van der Waals surface area contributed by atoms with Crippen LogP contribution in [0.1, 0.15) is 6.92 Å². The van der Waals surface area contributed by atoms with Crippen LogP contribution < -0.4 is 11.2 Å². The quantitative estimate of drug-likeness (QED) is 0.631. The van der Waals surface area contributed by atoms with Gasteiger partial charge in [-0.25, -0.2) is 9.78 Å². The molecule has 2 aromatic rings. The van der Waals surface area contributed by atoms with Crippen LogP contribution in [0.3, 0.4) is 0 Å². The molecule has 0 radical (unpaired) electrons. The van der Waals surface area contributed by atoms with Gasteiger partial charge in [-0.1, -0.05) is 0 Å². The fourth-order valence-corrected chi connectivity index (χ4v) is 3.35. The molecule has 0 aromatic carbocycles. The van der Waals surface area contributed by atoms with Crippen molar-refractivity contribution in [3.05, 3.63) is 25.6 Å². The number of fused-ring (bicyclic) bond motifs is 1. The molecular weight excluding hydrogens is 382 g/mol. The molecule has 24 heavy (non-hydrogen) atoms. The van der Waals surface area contributed by atoms with Gasteiger partial charge in [-0.05, 0) is 22.9 Å². The number of amides is 1. The first-order valence-electron chi connectivity index (χ1n) is 7.52. The van der Waals surface area contributed by atoms with Crippen molar-refractivity contribution in [3.8, 4) is 0 Å². The van der Waals surface area contributed by atoms with E-state index in [0.717, 1.165) is 4.57 Å². The van der Waals surface area contributed by atoms with Crippen LogP contribution in [-0.2, 0) is 30.2 Å². The van der Waals surface area contributed by atoms with Crippen molar-refractivity contribution in [3.63, 3.8) is 0 Å². The number of hydrogen-bond donors (Lipinski definition) is 0. The highest BCUT2D eigenvalue weighted by molar-refractivity contribution is 9.10. The maximum atomic E-state index is 12.6. The van der Waals surface area contributed by atoms with Crippen LogP contribution in [0.25, 0.3) is 11.2 Å². The molecule has 0 spiro atoms. The monoisotopic (exact) mass is 399 g/mol. The summed E-state index contributed by atoms with van der Waals surface area (Å²) in [6.07, 6.45) is -0.0117. The van der Waals surface area contributed by atoms with E-state index in [1.54, 1.807) is 16.5 Å². The van der Waals surface area contributed by atoms with Crippen molar-refractivity contribution in [2.24, 2.45) is 14.1 Å². The fraction of sp³-hybridized carbons (Fsp3) is 0.571. The smallest absolute Gasteiger partial charge is 0.332 e. The lowest BCUT2D eigenvalue weighted by Crippen LogP contribution is -2.46. The van der Waals surface area contributed by atoms with E-state index in [1.807, 2.05) is 6.92 Å². The summed E-state index contributed by atoms with van der Waals surface area (Å²) in [7, 11) is 2.95. The average molecular weight is 400 g/mol. The second kappa shape index (κ2) is 6.17. The molecule has 1 saturated heterocycles. The summed E-state index contributed by atoms with van der Waals surface area (Å²) < 4.78 is 9.64. The lowest BCUT2D eigenvalue weighted by Gasteiger charge is -2.31. The average Bonchev–Trinajstić information content (AvgIpc) is 2.88. The van der Waals surface area contributed by atoms with E-state index in [-0.39, 0.29) is 24.1 Å². The molecule has 0 aliphatic carbocycles. The Hall–Kier alpha value is -1.94. The highest BCUT2D eigenvalue weighted by atomic mass is 79.9. The number of hydrogen-bond acceptors (Lipinski definition) is 5. The third-order valence-corrected chi connectivity index (χ3v) is 4.79. The van der Waals surface area contributed by atoms with E-state index >= 15 is 0 Å². The van der Waals surface area contributed by atoms with Crippen LogP contribution in [0, 0.1) is 0 Å². The lowest BCUT2D eigenvalue weighted by molar-refractivity contribution is -0.138. The number of morpholine rings is 1. The number of imidazole rings is 1. The summed E-state index contributed by atoms with van der Waals surface area (Å²) >= 11 is 3.28. The Bertz CT molecular complexity index is 928. The van der Waals surface area contributed by atoms with E-state index < -0.39 is 11.2 Å². The normalized spacial score (nSPS) is 18.3. The molecule has 0 bridgehead atoms. The van der Waals surface area contributed by atoms with E-state index in [4.69, 9.17) is 4.74 Å². The third-order valence-electron chi connectivity index (χ3n) is 4.18. The van der Waals surface area contributed by atoms with Gasteiger partial charge < -0.3 is 9.64 Å². The van der Waals surface area contributed by atoms with Gasteiger partial charge in [0.15, 0.2) is 15.9 Å². The fourth-order valence-electron chi connectivity index (χ4n) is 2.88. The van der Waals surface area contributed by atoms with Gasteiger partial charge in [-0.2, -0.15) is 0 Å². The molecule has 0 saturated carbocycles. The topological polar surface area (TPSA) is 91.4 Å². The molecule has 3 rings (SSSR count). The van der Waals surface area contributed by atoms with Crippen molar-refractivity contribution in [2.45, 2.75) is 19.6 Å². The molecule has 9 nitrogen and oxygen atoms in total. The zero-order valence-corrected chi connectivity index (χ0v) is 15.2. The van der Waals surface area contributed by atoms with Gasteiger partial charge in [0.2, 0.25) is 5.91 Å². The highest BCUT2D eigenvalue weighted by Crippen LogP contribution is 2.17. The molecule has 1 unspecified atom stereocenters. The molecule has 2 aromatic heterocycles. The van der Waals surface area contributed by atoms with Crippen LogP contribution in [0.15, 0.2) is 14.3 Å². The van der Waals surface area contributed by atoms with Crippen molar-refractivity contribution in [2.75, 3.05) is 19.7 Å². The molecule has 1 fully saturated rings. The Morgan fingerprint density at radius 1 is 1.33 bits per heavy atom. The second-order valence-electron chi connectivity index (χ2n) is 5.87. The molecule has 0 N–H and O–H groups in total. The molecule has 130 valence electrons. The van der Waals surface area contributed by atoms with Gasteiger partial charge >= 0.3 is 5.69 Å². The maximum Gasteiger partial charge on any atom is 0.332 e. The summed E-state index contributed by atoms with van der Waals surface area (Å²) in [6.45, 7) is 3.44. The standard InChI is InChI=1S/C14H18BrN5O4/c1-8-6-19(4-5-24-8)9(21)7-20-11-10(16-13(20)15)12(22)18(3)14(23)17(11)2/h8H,4-7H2,1-3H3. The van der Waals surface area contributed by atoms with Crippen molar-refractivity contribution in [1.82, 2.24) is 23.6 Å². The Labute approximate surface area is 145 Å². The minimum Gasteiger partial charge on any atom is -0.375 e. The van der Waals surface area contributed by atoms with Crippen molar-refractivity contribution in [1.29, 1.82) is 0 Å². The molecule has 1 aliphatic heterocycles. The van der Waals surface area contributed by atoms with E-state index in [9.17, 15) is 14.4 Å². The van der Waals surface area contributed by atoms with Crippen LogP contribution >= 0.6 is 15.9 Å². The Morgan fingerprint density at radius 3 is 2.71 bits per heavy atom. The number of carbonyl (C=O) groups is 1. The van der Waals surface area contributed by atoms with Gasteiger partial charge in [-0.15, -0.1) is 0 Å². The van der Waals surface area contributed by atoms with Crippen LogP contribution in [-0.4, -0.2) is 55.3 Å². The van der Waals surface area contributed by atoms with Gasteiger partial charge in [0, 0.05) is 27.2 Å². The zero-order valence-electron chi connectivity index (χ0n) is 13.7. The van der Waals surface area contributed by atoms with Crippen molar-refractivity contribution < 1.29 is 9.53 Å². The minimum absolute atomic E-state index is 0.00967. The number of ether oxygens (including phenoxy) is 1. The lowest BCUT2D eigenvalue weighted by atomic mass is 10.3. The predicted molar refractivity (Wildman–Crippen MR) is 89.9 cm³/mol. The molecule has 3 heterocycles. The molecule has 1 atom stereocenters. The zero-order chi connectivity index (χ0) is 17.6. The molecular formula is C14H18BrN5O4. The number of rotatable bonds is 2. The second-order valence-corrected chi connectivity index (χ2v) is 6.58. The van der Waals surface area contributed by atoms with Crippen molar-refractivity contribution >= 4 is 33.0 Å². The van der Waals surface area contributed by atoms with Gasteiger partial charge in [0.05, 0.1) is 12.7 Å². The molecule has 1 amide bonds. The van der Waals surface area contributed by atoms with Gasteiger partial charge in [0.1, 0.15) is 6.54 Å². The van der Waals surface area contributed by atoms with Crippen LogP contribution in [0.2, 0.25) is 0 Å². The first-order chi connectivity index (χ1) is 11.3. The van der Waals surface area contributed by atoms with E-state index in [2.05, 4.69) is 20.9 Å². The highest BCUT2D eigenvalue weighted by Gasteiger charge is 2.24. The third kappa shape index (κ3) is 2.69. The molecule has 10 heteroatoms. The summed E-state index contributed by atoms with van der Waals surface area (Å²) in [5, 5.41) is 0. The van der Waals surface area contributed by atoms with E-state index in [1.165, 1.54) is 11.6 Å². The summed E-state index contributed by atoms with van der Waals surface area (Å²) in [6, 6.07) is 0. The predicted octanol–water partition coefficient (Wildman–Crippen LogP) is -0.556. The number of aryl methyl sites for hydroxylation is 1. The van der Waals surface area contributed by atoms with Gasteiger partial charge in [0.25, 0.3) is 5.56 Å². The Kier molecular flexibility index (Phi) is 4.35. The number of carbonyl (C=O) groups excluding carboxylic acids is 1. The number of nitrogens with zero attached hydrogens (tertiary/aromatic N) is 5. The van der Waals surface area contributed by atoms with Crippen LogP contribution in [0.5, 0.6) is 0 Å². The first kappa shape index (κ1) is 16.9. The van der Waals surface area contributed by atoms with Gasteiger partial charge in [-0.3, -0.25) is 23.3 Å². The summed E-state index contributed by atoms with van der Waals surface area (Å²) in [4.78, 5) is 42.9. The summed E-state index contributed by atoms with van der Waals surface area (Å²) in [5.41, 5.74) is -0.479. The maximum absolute atomic E-state index is 12.6. The van der Waals surface area contributed by atoms with Crippen LogP contribution in [0.4, 0.5) is 0 Å². The first-order valence-corrected chi connectivity index (χ1v) is 8.31. The number of aromatic nitrogens is 4.